The number of nitrogens with zero attached hydrogens (tertiary/aromatic N) is 1. The van der Waals surface area contributed by atoms with E-state index in [1.165, 1.54) is 45.3 Å². The van der Waals surface area contributed by atoms with Crippen LogP contribution in [-0.2, 0) is 0 Å². The average molecular weight is 218 g/mol. The van der Waals surface area contributed by atoms with Crippen LogP contribution in [0.1, 0.15) is 39.5 Å². The van der Waals surface area contributed by atoms with Gasteiger partial charge in [0.15, 0.2) is 0 Å². The molecule has 1 nitrogen and oxygen atoms in total. The lowest BCUT2D eigenvalue weighted by Crippen LogP contribution is -2.23. The van der Waals surface area contributed by atoms with Gasteiger partial charge in [0, 0.05) is 12.4 Å². The summed E-state index contributed by atoms with van der Waals surface area (Å²) in [6.07, 6.45) is 5.22. The van der Waals surface area contributed by atoms with Crippen LogP contribution in [0.5, 0.6) is 0 Å². The minimum absolute atomic E-state index is 0.828. The first-order chi connectivity index (χ1) is 6.74. The van der Waals surface area contributed by atoms with Gasteiger partial charge in [-0.3, -0.25) is 0 Å². The minimum atomic E-state index is 0.828. The highest BCUT2D eigenvalue weighted by Gasteiger charge is 2.23. The van der Waals surface area contributed by atoms with Gasteiger partial charge in [-0.05, 0) is 44.2 Å². The molecule has 0 aliphatic carbocycles. The van der Waals surface area contributed by atoms with Crippen LogP contribution >= 0.6 is 11.6 Å². The molecule has 0 aromatic rings. The maximum atomic E-state index is 5.65. The van der Waals surface area contributed by atoms with Crippen LogP contribution < -0.4 is 0 Å². The number of hydrogen-bond donors (Lipinski definition) is 0. The van der Waals surface area contributed by atoms with Crippen molar-refractivity contribution in [3.63, 3.8) is 0 Å². The molecule has 84 valence electrons. The maximum Gasteiger partial charge on any atom is 0.0223 e. The quantitative estimate of drug-likeness (QED) is 0.487. The first-order valence-corrected chi connectivity index (χ1v) is 6.55. The summed E-state index contributed by atoms with van der Waals surface area (Å²) in [5.74, 6) is 2.64. The van der Waals surface area contributed by atoms with Gasteiger partial charge in [-0.2, -0.15) is 0 Å². The van der Waals surface area contributed by atoms with E-state index in [9.17, 15) is 0 Å². The fourth-order valence-corrected chi connectivity index (χ4v) is 2.41. The molecule has 0 N–H and O–H groups in total. The van der Waals surface area contributed by atoms with Gasteiger partial charge in [-0.15, -0.1) is 11.6 Å². The second-order valence-electron chi connectivity index (χ2n) is 4.84. The molecule has 1 fully saturated rings. The first-order valence-electron chi connectivity index (χ1n) is 6.02. The Morgan fingerprint density at radius 3 is 2.64 bits per heavy atom. The van der Waals surface area contributed by atoms with E-state index in [-0.39, 0.29) is 0 Å². The molecule has 0 aromatic heterocycles. The summed E-state index contributed by atoms with van der Waals surface area (Å²) in [4.78, 5) is 2.62. The summed E-state index contributed by atoms with van der Waals surface area (Å²) >= 11 is 5.65. The van der Waals surface area contributed by atoms with E-state index in [4.69, 9.17) is 11.6 Å². The van der Waals surface area contributed by atoms with Gasteiger partial charge in [-0.25, -0.2) is 0 Å². The number of alkyl halides is 1. The zero-order chi connectivity index (χ0) is 10.4. The molecule has 0 saturated carbocycles. The van der Waals surface area contributed by atoms with Crippen LogP contribution in [-0.4, -0.2) is 30.4 Å². The predicted octanol–water partition coefficient (Wildman–Crippen LogP) is 3.37. The molecule has 1 aliphatic heterocycles. The van der Waals surface area contributed by atoms with Crippen LogP contribution in [0, 0.1) is 11.8 Å². The summed E-state index contributed by atoms with van der Waals surface area (Å²) in [5, 5.41) is 0. The van der Waals surface area contributed by atoms with Crippen molar-refractivity contribution < 1.29 is 0 Å². The zero-order valence-corrected chi connectivity index (χ0v) is 10.4. The number of unbranched alkanes of at least 4 members (excludes halogenated alkanes) is 2. The molecular weight excluding hydrogens is 194 g/mol. The van der Waals surface area contributed by atoms with Crippen LogP contribution in [0.2, 0.25) is 0 Å². The summed E-state index contributed by atoms with van der Waals surface area (Å²) in [6.45, 7) is 8.64. The number of hydrogen-bond acceptors (Lipinski definition) is 1. The maximum absolute atomic E-state index is 5.65. The third kappa shape index (κ3) is 4.18. The summed E-state index contributed by atoms with van der Waals surface area (Å²) in [6, 6.07) is 0. The lowest BCUT2D eigenvalue weighted by atomic mass is 9.95. The Morgan fingerprint density at radius 2 is 2.07 bits per heavy atom. The monoisotopic (exact) mass is 217 g/mol. The van der Waals surface area contributed by atoms with Crippen molar-refractivity contribution >= 4 is 11.6 Å². The second-order valence-corrected chi connectivity index (χ2v) is 5.22. The average Bonchev–Trinajstić information content (AvgIpc) is 2.61. The van der Waals surface area contributed by atoms with Crippen LogP contribution in [0.15, 0.2) is 0 Å². The molecule has 0 aromatic carbocycles. The van der Waals surface area contributed by atoms with Crippen molar-refractivity contribution in [2.45, 2.75) is 39.5 Å². The van der Waals surface area contributed by atoms with Gasteiger partial charge in [0.1, 0.15) is 0 Å². The second kappa shape index (κ2) is 6.68. The smallest absolute Gasteiger partial charge is 0.0223 e. The van der Waals surface area contributed by atoms with Gasteiger partial charge in [0.05, 0.1) is 0 Å². The molecule has 0 amide bonds. The Hall–Kier alpha value is 0.250. The fourth-order valence-electron chi connectivity index (χ4n) is 2.22. The largest absolute Gasteiger partial charge is 0.303 e. The molecule has 1 atom stereocenters. The molecule has 0 bridgehead atoms. The van der Waals surface area contributed by atoms with Crippen molar-refractivity contribution in [2.24, 2.45) is 11.8 Å². The summed E-state index contributed by atoms with van der Waals surface area (Å²) in [7, 11) is 0. The SMILES string of the molecule is CC(C)C1CCN(CCCCCCl)C1. The molecule has 0 radical (unpaired) electrons. The number of rotatable bonds is 6. The Kier molecular flexibility index (Phi) is 5.88. The lowest BCUT2D eigenvalue weighted by Gasteiger charge is -2.17. The van der Waals surface area contributed by atoms with E-state index >= 15 is 0 Å². The minimum Gasteiger partial charge on any atom is -0.303 e. The van der Waals surface area contributed by atoms with E-state index in [1.54, 1.807) is 0 Å². The van der Waals surface area contributed by atoms with Crippen LogP contribution in [0.4, 0.5) is 0 Å². The van der Waals surface area contributed by atoms with Gasteiger partial charge >= 0.3 is 0 Å². The van der Waals surface area contributed by atoms with Crippen molar-refractivity contribution in [2.75, 3.05) is 25.5 Å². The third-order valence-electron chi connectivity index (χ3n) is 3.36. The zero-order valence-electron chi connectivity index (χ0n) is 9.64. The Morgan fingerprint density at radius 1 is 1.29 bits per heavy atom. The van der Waals surface area contributed by atoms with Gasteiger partial charge < -0.3 is 4.90 Å². The topological polar surface area (TPSA) is 3.24 Å². The van der Waals surface area contributed by atoms with Gasteiger partial charge in [0.2, 0.25) is 0 Å². The van der Waals surface area contributed by atoms with Crippen molar-refractivity contribution in [3.8, 4) is 0 Å². The molecule has 1 heterocycles. The van der Waals surface area contributed by atoms with E-state index in [1.807, 2.05) is 0 Å². The highest BCUT2D eigenvalue weighted by atomic mass is 35.5. The molecule has 1 unspecified atom stereocenters. The van der Waals surface area contributed by atoms with Crippen molar-refractivity contribution in [3.05, 3.63) is 0 Å². The highest BCUT2D eigenvalue weighted by molar-refractivity contribution is 6.17. The Balaban J connectivity index is 2.04. The molecular formula is C12H24ClN. The number of likely N-dealkylation sites (tertiary alicyclic amines) is 1. The molecule has 1 aliphatic rings. The Bertz CT molecular complexity index is 147. The van der Waals surface area contributed by atoms with Crippen LogP contribution in [0.25, 0.3) is 0 Å². The van der Waals surface area contributed by atoms with E-state index < -0.39 is 0 Å². The standard InChI is InChI=1S/C12H24ClN/c1-11(2)12-6-9-14(10-12)8-5-3-4-7-13/h11-12H,3-10H2,1-2H3. The fraction of sp³-hybridized carbons (Fsp3) is 1.00. The molecule has 1 rings (SSSR count). The Labute approximate surface area is 93.8 Å². The van der Waals surface area contributed by atoms with E-state index in [0.29, 0.717) is 0 Å². The van der Waals surface area contributed by atoms with Crippen molar-refractivity contribution in [1.82, 2.24) is 4.90 Å². The summed E-state index contributed by atoms with van der Waals surface area (Å²) < 4.78 is 0. The van der Waals surface area contributed by atoms with Gasteiger partial charge in [0.25, 0.3) is 0 Å². The highest BCUT2D eigenvalue weighted by Crippen LogP contribution is 2.23. The molecule has 2 heteroatoms. The van der Waals surface area contributed by atoms with Crippen molar-refractivity contribution in [1.29, 1.82) is 0 Å². The van der Waals surface area contributed by atoms with E-state index in [0.717, 1.165) is 17.7 Å². The normalized spacial score (nSPS) is 23.6. The first kappa shape index (κ1) is 12.3. The summed E-state index contributed by atoms with van der Waals surface area (Å²) in [5.41, 5.74) is 0. The number of halogens is 1. The van der Waals surface area contributed by atoms with Crippen LogP contribution in [0.3, 0.4) is 0 Å². The molecule has 0 spiro atoms. The lowest BCUT2D eigenvalue weighted by molar-refractivity contribution is 0.297. The molecule has 14 heavy (non-hydrogen) atoms. The van der Waals surface area contributed by atoms with E-state index in [2.05, 4.69) is 18.7 Å². The third-order valence-corrected chi connectivity index (χ3v) is 3.63. The molecule has 1 saturated heterocycles. The van der Waals surface area contributed by atoms with Gasteiger partial charge in [-0.1, -0.05) is 20.3 Å². The predicted molar refractivity (Wildman–Crippen MR) is 64.0 cm³/mol.